The van der Waals surface area contributed by atoms with Crippen LogP contribution in [0.15, 0.2) is 28.7 Å². The molecule has 19 heavy (non-hydrogen) atoms. The minimum Gasteiger partial charge on any atom is -0.479 e. The summed E-state index contributed by atoms with van der Waals surface area (Å²) in [6.07, 6.45) is 0.234. The molecule has 0 bridgehead atoms. The molecule has 0 saturated heterocycles. The highest BCUT2D eigenvalue weighted by atomic mass is 79.9. The van der Waals surface area contributed by atoms with Crippen molar-refractivity contribution < 1.29 is 19.5 Å². The molecule has 5 nitrogen and oxygen atoms in total. The van der Waals surface area contributed by atoms with E-state index < -0.39 is 17.4 Å². The van der Waals surface area contributed by atoms with E-state index in [2.05, 4.69) is 15.9 Å². The summed E-state index contributed by atoms with van der Waals surface area (Å²) in [4.78, 5) is 35.3. The summed E-state index contributed by atoms with van der Waals surface area (Å²) in [6.45, 7) is 1.35. The molecule has 1 atom stereocenters. The lowest BCUT2D eigenvalue weighted by atomic mass is 9.96. The van der Waals surface area contributed by atoms with Gasteiger partial charge in [-0.05, 0) is 25.1 Å². The third kappa shape index (κ3) is 3.20. The van der Waals surface area contributed by atoms with E-state index in [9.17, 15) is 19.5 Å². The van der Waals surface area contributed by atoms with Gasteiger partial charge >= 0.3 is 5.97 Å². The van der Waals surface area contributed by atoms with Crippen LogP contribution in [0.1, 0.15) is 23.7 Å². The van der Waals surface area contributed by atoms with Crippen LogP contribution in [0.5, 0.6) is 0 Å². The zero-order chi connectivity index (χ0) is 14.6. The Morgan fingerprint density at radius 1 is 1.47 bits per heavy atom. The lowest BCUT2D eigenvalue weighted by Gasteiger charge is -2.33. The quantitative estimate of drug-likeness (QED) is 0.839. The van der Waals surface area contributed by atoms with Gasteiger partial charge in [-0.25, -0.2) is 4.79 Å². The molecule has 0 spiro atoms. The van der Waals surface area contributed by atoms with Crippen molar-refractivity contribution >= 4 is 34.1 Å². The highest BCUT2D eigenvalue weighted by Gasteiger charge is 2.40. The SMILES string of the molecule is CN(C(=O)c1cccc(Br)c1)C(C)(CC=O)C(=O)O. The Morgan fingerprint density at radius 3 is 2.58 bits per heavy atom. The standard InChI is InChI=1S/C13H14BrNO4/c1-13(6-7-16,12(18)19)15(2)11(17)9-4-3-5-10(14)8-9/h3-5,7-8H,6H2,1-2H3,(H,18,19). The van der Waals surface area contributed by atoms with Crippen LogP contribution >= 0.6 is 15.9 Å². The molecule has 1 amide bonds. The van der Waals surface area contributed by atoms with E-state index in [1.54, 1.807) is 24.3 Å². The molecule has 0 aromatic heterocycles. The average Bonchev–Trinajstić information content (AvgIpc) is 2.37. The lowest BCUT2D eigenvalue weighted by Crippen LogP contribution is -2.53. The summed E-state index contributed by atoms with van der Waals surface area (Å²) < 4.78 is 0.721. The number of carboxylic acids is 1. The van der Waals surface area contributed by atoms with Crippen LogP contribution in [0.3, 0.4) is 0 Å². The maximum Gasteiger partial charge on any atom is 0.329 e. The van der Waals surface area contributed by atoms with Crippen molar-refractivity contribution in [3.8, 4) is 0 Å². The van der Waals surface area contributed by atoms with Crippen molar-refractivity contribution in [1.82, 2.24) is 4.90 Å². The van der Waals surface area contributed by atoms with Crippen molar-refractivity contribution in [3.63, 3.8) is 0 Å². The first-order valence-electron chi connectivity index (χ1n) is 5.53. The number of hydrogen-bond donors (Lipinski definition) is 1. The maximum atomic E-state index is 12.2. The molecule has 1 rings (SSSR count). The molecule has 1 unspecified atom stereocenters. The van der Waals surface area contributed by atoms with E-state index in [0.717, 1.165) is 9.37 Å². The Labute approximate surface area is 119 Å². The van der Waals surface area contributed by atoms with Crippen molar-refractivity contribution in [2.24, 2.45) is 0 Å². The van der Waals surface area contributed by atoms with E-state index in [0.29, 0.717) is 11.8 Å². The summed E-state index contributed by atoms with van der Waals surface area (Å²) in [5.74, 6) is -1.67. The van der Waals surface area contributed by atoms with Gasteiger partial charge in [-0.15, -0.1) is 0 Å². The molecule has 6 heteroatoms. The van der Waals surface area contributed by atoms with Crippen molar-refractivity contribution in [3.05, 3.63) is 34.3 Å². The van der Waals surface area contributed by atoms with Gasteiger partial charge in [-0.1, -0.05) is 22.0 Å². The number of carbonyl (C=O) groups is 3. The first-order valence-corrected chi connectivity index (χ1v) is 6.33. The molecule has 0 heterocycles. The molecule has 1 aromatic carbocycles. The van der Waals surface area contributed by atoms with Crippen molar-refractivity contribution in [2.45, 2.75) is 18.9 Å². The van der Waals surface area contributed by atoms with Crippen LogP contribution in [0.4, 0.5) is 0 Å². The number of nitrogens with zero attached hydrogens (tertiary/aromatic N) is 1. The molecule has 0 radical (unpaired) electrons. The molecule has 1 N–H and O–H groups in total. The normalized spacial score (nSPS) is 13.4. The highest BCUT2D eigenvalue weighted by Crippen LogP contribution is 2.21. The van der Waals surface area contributed by atoms with Gasteiger partial charge < -0.3 is 14.8 Å². The Kier molecular flexibility index (Phi) is 4.83. The Hall–Kier alpha value is -1.69. The largest absolute Gasteiger partial charge is 0.479 e. The van der Waals surface area contributed by atoms with Crippen molar-refractivity contribution in [2.75, 3.05) is 7.05 Å². The molecular formula is C13H14BrNO4. The monoisotopic (exact) mass is 327 g/mol. The summed E-state index contributed by atoms with van der Waals surface area (Å²) >= 11 is 3.25. The van der Waals surface area contributed by atoms with Gasteiger partial charge in [0.25, 0.3) is 5.91 Å². The van der Waals surface area contributed by atoms with Crippen LogP contribution < -0.4 is 0 Å². The highest BCUT2D eigenvalue weighted by molar-refractivity contribution is 9.10. The molecule has 102 valence electrons. The van der Waals surface area contributed by atoms with E-state index in [1.807, 2.05) is 0 Å². The topological polar surface area (TPSA) is 74.7 Å². The first kappa shape index (κ1) is 15.4. The molecule has 0 aliphatic carbocycles. The van der Waals surface area contributed by atoms with Crippen LogP contribution in [0.25, 0.3) is 0 Å². The second-order valence-electron chi connectivity index (χ2n) is 4.32. The number of benzene rings is 1. The fourth-order valence-corrected chi connectivity index (χ4v) is 1.97. The van der Waals surface area contributed by atoms with Crippen LogP contribution in [-0.2, 0) is 9.59 Å². The van der Waals surface area contributed by atoms with E-state index >= 15 is 0 Å². The maximum absolute atomic E-state index is 12.2. The van der Waals surface area contributed by atoms with Crippen molar-refractivity contribution in [1.29, 1.82) is 0 Å². The molecular weight excluding hydrogens is 314 g/mol. The number of rotatable bonds is 5. The minimum absolute atomic E-state index is 0.265. The van der Waals surface area contributed by atoms with Gasteiger partial charge in [0.2, 0.25) is 0 Å². The molecule has 0 aliphatic rings. The van der Waals surface area contributed by atoms with E-state index in [4.69, 9.17) is 0 Å². The molecule has 1 aromatic rings. The second kappa shape index (κ2) is 5.97. The average molecular weight is 328 g/mol. The molecule has 0 saturated carbocycles. The van der Waals surface area contributed by atoms with Gasteiger partial charge in [0, 0.05) is 23.5 Å². The first-order chi connectivity index (χ1) is 8.82. The zero-order valence-corrected chi connectivity index (χ0v) is 12.2. The predicted octanol–water partition coefficient (Wildman–Crippen LogP) is 1.95. The molecule has 0 aliphatic heterocycles. The fraction of sp³-hybridized carbons (Fsp3) is 0.308. The van der Waals surface area contributed by atoms with Gasteiger partial charge in [-0.2, -0.15) is 0 Å². The predicted molar refractivity (Wildman–Crippen MR) is 73.0 cm³/mol. The Bertz CT molecular complexity index is 517. The third-order valence-electron chi connectivity index (χ3n) is 3.06. The van der Waals surface area contributed by atoms with Crippen LogP contribution in [-0.4, -0.2) is 40.8 Å². The third-order valence-corrected chi connectivity index (χ3v) is 3.55. The van der Waals surface area contributed by atoms with Gasteiger partial charge in [0.15, 0.2) is 0 Å². The van der Waals surface area contributed by atoms with E-state index in [-0.39, 0.29) is 6.42 Å². The number of aldehydes is 1. The number of aliphatic carboxylic acids is 1. The minimum atomic E-state index is -1.55. The summed E-state index contributed by atoms with van der Waals surface area (Å²) in [5.41, 5.74) is -1.20. The second-order valence-corrected chi connectivity index (χ2v) is 5.24. The number of likely N-dealkylation sites (N-methyl/N-ethyl adjacent to an activating group) is 1. The zero-order valence-electron chi connectivity index (χ0n) is 10.6. The molecule has 0 fully saturated rings. The Morgan fingerprint density at radius 2 is 2.11 bits per heavy atom. The van der Waals surface area contributed by atoms with Gasteiger partial charge in [0.1, 0.15) is 11.8 Å². The number of halogens is 1. The van der Waals surface area contributed by atoms with Gasteiger partial charge in [0.05, 0.1) is 0 Å². The number of amides is 1. The summed E-state index contributed by atoms with van der Waals surface area (Å²) in [7, 11) is 1.38. The lowest BCUT2D eigenvalue weighted by molar-refractivity contribution is -0.149. The van der Waals surface area contributed by atoms with Gasteiger partial charge in [-0.3, -0.25) is 4.79 Å². The number of hydrogen-bond acceptors (Lipinski definition) is 3. The summed E-state index contributed by atoms with van der Waals surface area (Å²) in [5, 5.41) is 9.22. The smallest absolute Gasteiger partial charge is 0.329 e. The van der Waals surface area contributed by atoms with E-state index in [1.165, 1.54) is 14.0 Å². The Balaban J connectivity index is 3.10. The number of carbonyl (C=O) groups excluding carboxylic acids is 2. The number of carboxylic acid groups (broad SMARTS) is 1. The fourth-order valence-electron chi connectivity index (χ4n) is 1.57. The van der Waals surface area contributed by atoms with Crippen LogP contribution in [0, 0.1) is 0 Å². The summed E-state index contributed by atoms with van der Waals surface area (Å²) in [6, 6.07) is 6.64. The van der Waals surface area contributed by atoms with Crippen LogP contribution in [0.2, 0.25) is 0 Å².